The van der Waals surface area contributed by atoms with Crippen LogP contribution < -0.4 is 10.9 Å². The molecule has 1 N–H and O–H groups in total. The van der Waals surface area contributed by atoms with Gasteiger partial charge in [0.2, 0.25) is 5.91 Å². The Kier molecular flexibility index (Phi) is 5.22. The molecule has 7 heteroatoms. The fourth-order valence-corrected chi connectivity index (χ4v) is 4.23. The zero-order valence-corrected chi connectivity index (χ0v) is 15.9. The van der Waals surface area contributed by atoms with Crippen LogP contribution in [0.5, 0.6) is 0 Å². The van der Waals surface area contributed by atoms with Crippen molar-refractivity contribution in [3.63, 3.8) is 0 Å². The molecule has 2 aromatic rings. The van der Waals surface area contributed by atoms with Crippen molar-refractivity contribution in [1.29, 1.82) is 0 Å². The van der Waals surface area contributed by atoms with Gasteiger partial charge < -0.3 is 5.32 Å². The number of nitrogens with one attached hydrogen (secondary N) is 1. The Morgan fingerprint density at radius 2 is 2.00 bits per heavy atom. The Balaban J connectivity index is 1.51. The van der Waals surface area contributed by atoms with Crippen LogP contribution in [0.1, 0.15) is 31.1 Å². The summed E-state index contributed by atoms with van der Waals surface area (Å²) in [6.45, 7) is 5.34. The van der Waals surface area contributed by atoms with Gasteiger partial charge >= 0.3 is 0 Å². The van der Waals surface area contributed by atoms with Gasteiger partial charge in [-0.15, -0.1) is 0 Å². The van der Waals surface area contributed by atoms with Crippen molar-refractivity contribution in [2.24, 2.45) is 7.05 Å². The molecule has 0 radical (unpaired) electrons. The monoisotopic (exact) mass is 369 g/mol. The Hall–Kier alpha value is -2.25. The highest BCUT2D eigenvalue weighted by Crippen LogP contribution is 2.30. The number of fused-ring (bicyclic) bond motifs is 1. The number of nitrogens with zero attached hydrogens (tertiary/aromatic N) is 4. The first-order valence-electron chi connectivity index (χ1n) is 9.82. The van der Waals surface area contributed by atoms with Gasteiger partial charge in [0.15, 0.2) is 0 Å². The van der Waals surface area contributed by atoms with E-state index in [9.17, 15) is 9.59 Å². The van der Waals surface area contributed by atoms with Crippen LogP contribution in [-0.4, -0.2) is 64.5 Å². The maximum Gasteiger partial charge on any atom is 0.261 e. The van der Waals surface area contributed by atoms with Gasteiger partial charge in [-0.25, -0.2) is 4.98 Å². The average Bonchev–Trinajstić information content (AvgIpc) is 3.04. The highest BCUT2D eigenvalue weighted by atomic mass is 16.1. The van der Waals surface area contributed by atoms with E-state index < -0.39 is 0 Å². The van der Waals surface area contributed by atoms with Gasteiger partial charge in [0.05, 0.1) is 16.9 Å². The summed E-state index contributed by atoms with van der Waals surface area (Å²) in [4.78, 5) is 33.9. The highest BCUT2D eigenvalue weighted by molar-refractivity contribution is 5.77. The zero-order chi connectivity index (χ0) is 18.8. The van der Waals surface area contributed by atoms with Crippen molar-refractivity contribution in [2.45, 2.75) is 25.3 Å². The van der Waals surface area contributed by atoms with E-state index in [1.807, 2.05) is 31.3 Å². The van der Waals surface area contributed by atoms with Gasteiger partial charge in [0.1, 0.15) is 5.82 Å². The Labute approximate surface area is 159 Å². The second kappa shape index (κ2) is 7.78. The minimum Gasteiger partial charge on any atom is -0.355 e. The number of para-hydroxylation sites is 1. The lowest BCUT2D eigenvalue weighted by atomic mass is 10.1. The van der Waals surface area contributed by atoms with Crippen molar-refractivity contribution >= 4 is 16.8 Å². The largest absolute Gasteiger partial charge is 0.355 e. The molecule has 1 amide bonds. The van der Waals surface area contributed by atoms with Crippen LogP contribution >= 0.6 is 0 Å². The Morgan fingerprint density at radius 1 is 1.15 bits per heavy atom. The fourth-order valence-electron chi connectivity index (χ4n) is 4.23. The average molecular weight is 369 g/mol. The highest BCUT2D eigenvalue weighted by Gasteiger charge is 2.30. The van der Waals surface area contributed by atoms with E-state index in [1.165, 1.54) is 0 Å². The Morgan fingerprint density at radius 3 is 2.89 bits per heavy atom. The summed E-state index contributed by atoms with van der Waals surface area (Å²) in [6, 6.07) is 7.75. The smallest absolute Gasteiger partial charge is 0.261 e. The number of likely N-dealkylation sites (tertiary alicyclic amines) is 1. The maximum absolute atomic E-state index is 12.7. The molecule has 4 rings (SSSR count). The van der Waals surface area contributed by atoms with Crippen molar-refractivity contribution in [3.05, 3.63) is 40.4 Å². The molecule has 0 saturated carbocycles. The molecule has 0 spiro atoms. The van der Waals surface area contributed by atoms with Crippen LogP contribution in [0.2, 0.25) is 0 Å². The van der Waals surface area contributed by atoms with E-state index in [2.05, 4.69) is 15.1 Å². The van der Waals surface area contributed by atoms with Crippen molar-refractivity contribution in [3.8, 4) is 0 Å². The van der Waals surface area contributed by atoms with E-state index in [-0.39, 0.29) is 17.5 Å². The number of rotatable bonds is 4. The third-order valence-corrected chi connectivity index (χ3v) is 5.79. The van der Waals surface area contributed by atoms with E-state index in [1.54, 1.807) is 4.57 Å². The number of hydrogen-bond donors (Lipinski definition) is 1. The van der Waals surface area contributed by atoms with Crippen LogP contribution in [0.15, 0.2) is 29.1 Å². The number of aromatic nitrogens is 2. The van der Waals surface area contributed by atoms with Crippen LogP contribution in [0.3, 0.4) is 0 Å². The maximum atomic E-state index is 12.7. The van der Waals surface area contributed by atoms with Crippen molar-refractivity contribution in [2.75, 3.05) is 39.3 Å². The van der Waals surface area contributed by atoms with Crippen LogP contribution in [0.4, 0.5) is 0 Å². The van der Waals surface area contributed by atoms with Crippen LogP contribution in [0, 0.1) is 0 Å². The molecule has 2 aliphatic heterocycles. The molecule has 0 aliphatic carbocycles. The van der Waals surface area contributed by atoms with E-state index in [4.69, 9.17) is 4.98 Å². The lowest BCUT2D eigenvalue weighted by Crippen LogP contribution is -2.38. The summed E-state index contributed by atoms with van der Waals surface area (Å²) in [5, 5.41) is 3.60. The second-order valence-corrected chi connectivity index (χ2v) is 7.49. The lowest BCUT2D eigenvalue weighted by molar-refractivity contribution is -0.120. The molecule has 1 aromatic carbocycles. The summed E-state index contributed by atoms with van der Waals surface area (Å²) >= 11 is 0. The molecule has 3 heterocycles. The van der Waals surface area contributed by atoms with Crippen LogP contribution in [-0.2, 0) is 11.8 Å². The molecule has 1 unspecified atom stereocenters. The number of hydrogen-bond acceptors (Lipinski definition) is 5. The summed E-state index contributed by atoms with van der Waals surface area (Å²) in [7, 11) is 1.83. The quantitative estimate of drug-likeness (QED) is 0.867. The minimum absolute atomic E-state index is 0.0274. The third-order valence-electron chi connectivity index (χ3n) is 5.79. The van der Waals surface area contributed by atoms with E-state index in [0.717, 1.165) is 63.5 Å². The molecule has 1 atom stereocenters. The predicted octanol–water partition coefficient (Wildman–Crippen LogP) is 0.892. The van der Waals surface area contributed by atoms with E-state index in [0.29, 0.717) is 11.8 Å². The molecule has 0 bridgehead atoms. The van der Waals surface area contributed by atoms with Gasteiger partial charge in [-0.1, -0.05) is 12.1 Å². The Bertz CT molecular complexity index is 894. The van der Waals surface area contributed by atoms with Crippen LogP contribution in [0.25, 0.3) is 10.9 Å². The first kappa shape index (κ1) is 18.1. The summed E-state index contributed by atoms with van der Waals surface area (Å²) in [5.41, 5.74) is 0.805. The molecule has 144 valence electrons. The molecular weight excluding hydrogens is 342 g/mol. The standard InChI is InChI=1S/C20H27N5O2/c1-23-19(22-16-6-3-2-5-15(16)20(23)27)17-7-4-10-25(17)14-13-24-11-8-18(26)21-9-12-24/h2-3,5-6,17H,4,7-14H2,1H3,(H,21,26). The first-order chi connectivity index (χ1) is 13.1. The SMILES string of the molecule is Cn1c(C2CCCN2CCN2CCNC(=O)CC2)nc2ccccc2c1=O. The van der Waals surface area contributed by atoms with Crippen molar-refractivity contribution in [1.82, 2.24) is 24.7 Å². The first-order valence-corrected chi connectivity index (χ1v) is 9.82. The number of benzene rings is 1. The molecule has 7 nitrogen and oxygen atoms in total. The normalized spacial score (nSPS) is 22.1. The molecule has 2 fully saturated rings. The predicted molar refractivity (Wildman–Crippen MR) is 105 cm³/mol. The fraction of sp³-hybridized carbons (Fsp3) is 0.550. The molecule has 1 aromatic heterocycles. The van der Waals surface area contributed by atoms with Crippen molar-refractivity contribution < 1.29 is 4.79 Å². The number of carbonyl (C=O) groups is 1. The summed E-state index contributed by atoms with van der Waals surface area (Å²) < 4.78 is 1.72. The molecule has 27 heavy (non-hydrogen) atoms. The second-order valence-electron chi connectivity index (χ2n) is 7.49. The van der Waals surface area contributed by atoms with Gasteiger partial charge in [0.25, 0.3) is 5.56 Å². The van der Waals surface area contributed by atoms with Gasteiger partial charge in [0, 0.05) is 46.2 Å². The summed E-state index contributed by atoms with van der Waals surface area (Å²) in [6.07, 6.45) is 2.72. The number of amides is 1. The topological polar surface area (TPSA) is 70.5 Å². The zero-order valence-electron chi connectivity index (χ0n) is 15.9. The minimum atomic E-state index is 0.0274. The summed E-state index contributed by atoms with van der Waals surface area (Å²) in [5.74, 6) is 1.01. The van der Waals surface area contributed by atoms with Gasteiger partial charge in [-0.2, -0.15) is 0 Å². The van der Waals surface area contributed by atoms with Gasteiger partial charge in [-0.3, -0.25) is 24.0 Å². The van der Waals surface area contributed by atoms with E-state index >= 15 is 0 Å². The molecular formula is C20H27N5O2. The molecule has 2 saturated heterocycles. The molecule has 2 aliphatic rings. The third kappa shape index (κ3) is 3.75. The number of carbonyl (C=O) groups excluding carboxylic acids is 1. The van der Waals surface area contributed by atoms with Gasteiger partial charge in [-0.05, 0) is 31.5 Å². The lowest BCUT2D eigenvalue weighted by Gasteiger charge is -2.28.